The topological polar surface area (TPSA) is 52.6 Å². The molecule has 0 saturated carbocycles. The molecule has 0 aliphatic rings. The smallest absolute Gasteiger partial charge is 0.339 e. The Morgan fingerprint density at radius 2 is 1.03 bits per heavy atom. The summed E-state index contributed by atoms with van der Waals surface area (Å²) in [6.45, 7) is 8.29. The molecule has 0 bridgehead atoms. The van der Waals surface area contributed by atoms with Crippen LogP contribution >= 0.6 is 0 Å². The van der Waals surface area contributed by atoms with E-state index in [2.05, 4.69) is 13.5 Å². The van der Waals surface area contributed by atoms with E-state index in [9.17, 15) is 9.59 Å². The standard InChI is InChI=1S/C30H48O4/c1-4-5-6-7-8-9-10-11-12-13-14-15-16-17-18-21-24-33-29(31)27-22-19-20-23-28(27)30(32)34-25-26(2)3/h19-20,22-23H,2,4-18,21,24-25H2,1,3H3. The SMILES string of the molecule is C=C(C)COC(=O)c1ccccc1C(=O)OCCCCCCCCCCCCCCCCCC. The highest BCUT2D eigenvalue weighted by atomic mass is 16.5. The van der Waals surface area contributed by atoms with Gasteiger partial charge in [0, 0.05) is 0 Å². The predicted octanol–water partition coefficient (Wildman–Crippen LogP) is 8.84. The van der Waals surface area contributed by atoms with Crippen LogP contribution in [0.2, 0.25) is 0 Å². The highest BCUT2D eigenvalue weighted by molar-refractivity contribution is 6.03. The number of carbonyl (C=O) groups is 2. The number of benzene rings is 1. The lowest BCUT2D eigenvalue weighted by atomic mass is 10.0. The van der Waals surface area contributed by atoms with Crippen LogP contribution in [0.25, 0.3) is 0 Å². The Hall–Kier alpha value is -2.10. The van der Waals surface area contributed by atoms with Crippen LogP contribution in [0, 0.1) is 0 Å². The number of esters is 2. The minimum atomic E-state index is -0.530. The van der Waals surface area contributed by atoms with Crippen molar-refractivity contribution in [3.8, 4) is 0 Å². The van der Waals surface area contributed by atoms with Crippen LogP contribution in [0.3, 0.4) is 0 Å². The van der Waals surface area contributed by atoms with Gasteiger partial charge in [0.15, 0.2) is 0 Å². The highest BCUT2D eigenvalue weighted by Gasteiger charge is 2.18. The molecule has 4 nitrogen and oxygen atoms in total. The van der Waals surface area contributed by atoms with E-state index in [0.29, 0.717) is 6.61 Å². The Labute approximate surface area is 208 Å². The molecule has 0 aliphatic heterocycles. The molecule has 0 spiro atoms. The van der Waals surface area contributed by atoms with Gasteiger partial charge in [-0.05, 0) is 31.1 Å². The van der Waals surface area contributed by atoms with Gasteiger partial charge in [-0.3, -0.25) is 0 Å². The summed E-state index contributed by atoms with van der Waals surface area (Å²) in [4.78, 5) is 24.7. The largest absolute Gasteiger partial charge is 0.462 e. The maximum Gasteiger partial charge on any atom is 0.339 e. The van der Waals surface area contributed by atoms with Crippen molar-refractivity contribution in [3.05, 3.63) is 47.5 Å². The highest BCUT2D eigenvalue weighted by Crippen LogP contribution is 2.15. The summed E-state index contributed by atoms with van der Waals surface area (Å²) in [5, 5.41) is 0. The molecule has 0 fully saturated rings. The Morgan fingerprint density at radius 1 is 0.647 bits per heavy atom. The molecular weight excluding hydrogens is 424 g/mol. The van der Waals surface area contributed by atoms with Crippen molar-refractivity contribution in [1.82, 2.24) is 0 Å². The van der Waals surface area contributed by atoms with Gasteiger partial charge in [0.05, 0.1) is 17.7 Å². The van der Waals surface area contributed by atoms with E-state index < -0.39 is 11.9 Å². The van der Waals surface area contributed by atoms with Crippen molar-refractivity contribution in [2.24, 2.45) is 0 Å². The van der Waals surface area contributed by atoms with E-state index in [1.807, 2.05) is 0 Å². The Bertz CT molecular complexity index is 695. The van der Waals surface area contributed by atoms with E-state index in [-0.39, 0.29) is 17.7 Å². The summed E-state index contributed by atoms with van der Waals surface area (Å²) >= 11 is 0. The first-order chi connectivity index (χ1) is 16.6. The fourth-order valence-corrected chi connectivity index (χ4v) is 4.00. The van der Waals surface area contributed by atoms with Gasteiger partial charge in [0.1, 0.15) is 6.61 Å². The monoisotopic (exact) mass is 472 g/mol. The molecule has 0 atom stereocenters. The molecule has 34 heavy (non-hydrogen) atoms. The van der Waals surface area contributed by atoms with Crippen LogP contribution in [-0.4, -0.2) is 25.2 Å². The van der Waals surface area contributed by atoms with Crippen LogP contribution in [0.1, 0.15) is 137 Å². The van der Waals surface area contributed by atoms with Crippen LogP contribution in [0.15, 0.2) is 36.4 Å². The van der Waals surface area contributed by atoms with E-state index in [1.54, 1.807) is 31.2 Å². The summed E-state index contributed by atoms with van der Waals surface area (Å²) in [5.74, 6) is -0.998. The first-order valence-corrected chi connectivity index (χ1v) is 13.6. The van der Waals surface area contributed by atoms with Gasteiger partial charge in [-0.15, -0.1) is 0 Å². The second-order valence-corrected chi connectivity index (χ2v) is 9.52. The van der Waals surface area contributed by atoms with Gasteiger partial charge in [-0.1, -0.05) is 122 Å². The number of hydrogen-bond acceptors (Lipinski definition) is 4. The third kappa shape index (κ3) is 14.9. The first kappa shape index (κ1) is 29.9. The molecule has 0 heterocycles. The first-order valence-electron chi connectivity index (χ1n) is 13.6. The lowest BCUT2D eigenvalue weighted by molar-refractivity contribution is 0.0467. The van der Waals surface area contributed by atoms with Crippen LogP contribution in [0.4, 0.5) is 0 Å². The quantitative estimate of drug-likeness (QED) is 0.102. The van der Waals surface area contributed by atoms with Gasteiger partial charge in [0.2, 0.25) is 0 Å². The molecule has 0 aromatic heterocycles. The second-order valence-electron chi connectivity index (χ2n) is 9.52. The van der Waals surface area contributed by atoms with Crippen molar-refractivity contribution in [1.29, 1.82) is 0 Å². The molecule has 0 N–H and O–H groups in total. The molecule has 0 radical (unpaired) electrons. The molecule has 0 unspecified atom stereocenters. The maximum absolute atomic E-state index is 12.4. The Morgan fingerprint density at radius 3 is 1.44 bits per heavy atom. The summed E-state index contributed by atoms with van der Waals surface area (Å²) in [6.07, 6.45) is 20.9. The number of unbranched alkanes of at least 4 members (excludes halogenated alkanes) is 15. The third-order valence-electron chi connectivity index (χ3n) is 6.05. The molecular formula is C30H48O4. The van der Waals surface area contributed by atoms with E-state index in [1.165, 1.54) is 89.9 Å². The van der Waals surface area contributed by atoms with Crippen molar-refractivity contribution in [2.75, 3.05) is 13.2 Å². The van der Waals surface area contributed by atoms with Crippen LogP contribution in [0.5, 0.6) is 0 Å². The molecule has 1 rings (SSSR count). The number of ether oxygens (including phenoxy) is 2. The van der Waals surface area contributed by atoms with Crippen molar-refractivity contribution in [3.63, 3.8) is 0 Å². The van der Waals surface area contributed by atoms with Crippen molar-refractivity contribution >= 4 is 11.9 Å². The lowest BCUT2D eigenvalue weighted by Gasteiger charge is -2.10. The predicted molar refractivity (Wildman–Crippen MR) is 141 cm³/mol. The Kier molecular flexibility index (Phi) is 17.9. The second kappa shape index (κ2) is 20.3. The summed E-state index contributed by atoms with van der Waals surface area (Å²) in [7, 11) is 0. The Balaban J connectivity index is 2.02. The number of hydrogen-bond donors (Lipinski definition) is 0. The number of rotatable bonds is 21. The molecule has 0 saturated heterocycles. The molecule has 0 amide bonds. The summed E-state index contributed by atoms with van der Waals surface area (Å²) < 4.78 is 10.6. The maximum atomic E-state index is 12.4. The van der Waals surface area contributed by atoms with Crippen molar-refractivity contribution < 1.29 is 19.1 Å². The minimum absolute atomic E-state index is 0.140. The van der Waals surface area contributed by atoms with Crippen LogP contribution in [-0.2, 0) is 9.47 Å². The average molecular weight is 473 g/mol. The number of carbonyl (C=O) groups excluding carboxylic acids is 2. The van der Waals surface area contributed by atoms with Gasteiger partial charge >= 0.3 is 11.9 Å². The van der Waals surface area contributed by atoms with Crippen molar-refractivity contribution in [2.45, 2.75) is 117 Å². The van der Waals surface area contributed by atoms with E-state index in [4.69, 9.17) is 9.47 Å². The minimum Gasteiger partial charge on any atom is -0.462 e. The molecule has 0 aliphatic carbocycles. The zero-order chi connectivity index (χ0) is 24.9. The third-order valence-corrected chi connectivity index (χ3v) is 6.05. The van der Waals surface area contributed by atoms with Gasteiger partial charge in [-0.25, -0.2) is 9.59 Å². The molecule has 1 aromatic rings. The van der Waals surface area contributed by atoms with E-state index in [0.717, 1.165) is 18.4 Å². The molecule has 4 heteroatoms. The average Bonchev–Trinajstić information content (AvgIpc) is 2.84. The normalized spacial score (nSPS) is 10.8. The summed E-state index contributed by atoms with van der Waals surface area (Å²) in [5.41, 5.74) is 1.24. The summed E-state index contributed by atoms with van der Waals surface area (Å²) in [6, 6.07) is 6.63. The van der Waals surface area contributed by atoms with Crippen LogP contribution < -0.4 is 0 Å². The fraction of sp³-hybridized carbons (Fsp3) is 0.667. The van der Waals surface area contributed by atoms with Gasteiger partial charge in [0.25, 0.3) is 0 Å². The zero-order valence-corrected chi connectivity index (χ0v) is 21.9. The van der Waals surface area contributed by atoms with Gasteiger partial charge in [-0.2, -0.15) is 0 Å². The van der Waals surface area contributed by atoms with Gasteiger partial charge < -0.3 is 9.47 Å². The zero-order valence-electron chi connectivity index (χ0n) is 21.9. The fourth-order valence-electron chi connectivity index (χ4n) is 4.00. The molecule has 1 aromatic carbocycles. The lowest BCUT2D eigenvalue weighted by Crippen LogP contribution is -2.15. The molecule has 192 valence electrons. The van der Waals surface area contributed by atoms with E-state index >= 15 is 0 Å².